The van der Waals surface area contributed by atoms with Crippen molar-refractivity contribution in [1.82, 2.24) is 0 Å². The standard InChI is InChI=1S/C13H13N3O3/c1-18-13(19-2)11-5-10(3-4-12(11)17)16-8-9(6-14)7-15/h3-5,8,13,16-17H,1-2H3. The zero-order valence-electron chi connectivity index (χ0n) is 10.5. The highest BCUT2D eigenvalue weighted by Gasteiger charge is 2.14. The Bertz CT molecular complexity index is 535. The molecular weight excluding hydrogens is 246 g/mol. The lowest BCUT2D eigenvalue weighted by atomic mass is 10.1. The lowest BCUT2D eigenvalue weighted by Crippen LogP contribution is -2.04. The molecule has 1 aromatic rings. The van der Waals surface area contributed by atoms with Crippen molar-refractivity contribution < 1.29 is 14.6 Å². The number of hydrogen-bond donors (Lipinski definition) is 2. The number of methoxy groups -OCH3 is 2. The van der Waals surface area contributed by atoms with Crippen LogP contribution in [0.2, 0.25) is 0 Å². The van der Waals surface area contributed by atoms with Crippen LogP contribution in [0.3, 0.4) is 0 Å². The minimum Gasteiger partial charge on any atom is -0.507 e. The van der Waals surface area contributed by atoms with E-state index in [2.05, 4.69) is 5.32 Å². The minimum absolute atomic E-state index is 0.0315. The zero-order valence-corrected chi connectivity index (χ0v) is 10.5. The molecule has 2 N–H and O–H groups in total. The molecule has 6 nitrogen and oxygen atoms in total. The summed E-state index contributed by atoms with van der Waals surface area (Å²) < 4.78 is 10.1. The van der Waals surface area contributed by atoms with Gasteiger partial charge in [0.2, 0.25) is 0 Å². The van der Waals surface area contributed by atoms with Gasteiger partial charge in [0.15, 0.2) is 6.29 Å². The van der Waals surface area contributed by atoms with Crippen molar-refractivity contribution in [3.63, 3.8) is 0 Å². The lowest BCUT2D eigenvalue weighted by molar-refractivity contribution is -0.106. The highest BCUT2D eigenvalue weighted by atomic mass is 16.7. The van der Waals surface area contributed by atoms with Gasteiger partial charge in [-0.3, -0.25) is 0 Å². The van der Waals surface area contributed by atoms with E-state index in [-0.39, 0.29) is 11.3 Å². The molecule has 0 atom stereocenters. The van der Waals surface area contributed by atoms with E-state index in [0.717, 1.165) is 0 Å². The highest BCUT2D eigenvalue weighted by molar-refractivity contribution is 5.54. The number of rotatable bonds is 5. The summed E-state index contributed by atoms with van der Waals surface area (Å²) in [6.07, 6.45) is 0.585. The molecular formula is C13H13N3O3. The maximum Gasteiger partial charge on any atom is 0.186 e. The Kier molecular flexibility index (Phi) is 5.36. The first-order chi connectivity index (χ1) is 9.15. The van der Waals surface area contributed by atoms with Gasteiger partial charge in [0.05, 0.1) is 5.56 Å². The van der Waals surface area contributed by atoms with Crippen molar-refractivity contribution in [2.24, 2.45) is 0 Å². The van der Waals surface area contributed by atoms with Crippen LogP contribution in [0.4, 0.5) is 5.69 Å². The van der Waals surface area contributed by atoms with Crippen molar-refractivity contribution in [3.8, 4) is 17.9 Å². The van der Waals surface area contributed by atoms with Crippen LogP contribution < -0.4 is 5.32 Å². The summed E-state index contributed by atoms with van der Waals surface area (Å²) in [5.41, 5.74) is 0.985. The molecule has 19 heavy (non-hydrogen) atoms. The number of nitrogens with one attached hydrogen (secondary N) is 1. The Hall–Kier alpha value is -2.54. The first kappa shape index (κ1) is 14.5. The minimum atomic E-state index is -0.697. The van der Waals surface area contributed by atoms with E-state index >= 15 is 0 Å². The van der Waals surface area contributed by atoms with Gasteiger partial charge in [0.25, 0.3) is 0 Å². The van der Waals surface area contributed by atoms with Crippen LogP contribution in [0.25, 0.3) is 0 Å². The number of phenolic OH excluding ortho intramolecular Hbond substituents is 1. The predicted octanol–water partition coefficient (Wildman–Crippen LogP) is 2.03. The van der Waals surface area contributed by atoms with Gasteiger partial charge in [-0.25, -0.2) is 0 Å². The first-order valence-corrected chi connectivity index (χ1v) is 5.31. The second-order valence-corrected chi connectivity index (χ2v) is 3.50. The van der Waals surface area contributed by atoms with Crippen molar-refractivity contribution >= 4 is 5.69 Å². The number of nitriles is 2. The van der Waals surface area contributed by atoms with E-state index in [0.29, 0.717) is 11.3 Å². The zero-order chi connectivity index (χ0) is 14.3. The molecule has 0 aliphatic rings. The number of phenols is 1. The predicted molar refractivity (Wildman–Crippen MR) is 67.8 cm³/mol. The van der Waals surface area contributed by atoms with Crippen LogP contribution in [0, 0.1) is 22.7 Å². The Morgan fingerprint density at radius 2 is 1.95 bits per heavy atom. The molecule has 0 aromatic heterocycles. The molecule has 0 saturated heterocycles. The maximum absolute atomic E-state index is 9.73. The molecule has 0 aliphatic heterocycles. The third-order valence-corrected chi connectivity index (χ3v) is 2.33. The van der Waals surface area contributed by atoms with E-state index < -0.39 is 6.29 Å². The van der Waals surface area contributed by atoms with Crippen molar-refractivity contribution in [2.45, 2.75) is 6.29 Å². The van der Waals surface area contributed by atoms with Crippen molar-refractivity contribution in [1.29, 1.82) is 10.5 Å². The summed E-state index contributed by atoms with van der Waals surface area (Å²) in [6.45, 7) is 0. The molecule has 0 aliphatic carbocycles. The fourth-order valence-electron chi connectivity index (χ4n) is 1.43. The van der Waals surface area contributed by atoms with E-state index in [9.17, 15) is 5.11 Å². The van der Waals surface area contributed by atoms with Gasteiger partial charge < -0.3 is 19.9 Å². The molecule has 6 heteroatoms. The average Bonchev–Trinajstić information content (AvgIpc) is 2.44. The van der Waals surface area contributed by atoms with Gasteiger partial charge in [0.1, 0.15) is 23.5 Å². The molecule has 98 valence electrons. The van der Waals surface area contributed by atoms with Gasteiger partial charge in [-0.05, 0) is 18.2 Å². The van der Waals surface area contributed by atoms with Crippen LogP contribution in [-0.2, 0) is 9.47 Å². The molecule has 0 spiro atoms. The Morgan fingerprint density at radius 3 is 2.47 bits per heavy atom. The monoisotopic (exact) mass is 259 g/mol. The summed E-state index contributed by atoms with van der Waals surface area (Å²) in [4.78, 5) is 0. The summed E-state index contributed by atoms with van der Waals surface area (Å²) in [5, 5.41) is 29.7. The lowest BCUT2D eigenvalue weighted by Gasteiger charge is -2.16. The molecule has 0 unspecified atom stereocenters. The maximum atomic E-state index is 9.73. The molecule has 0 bridgehead atoms. The molecule has 0 radical (unpaired) electrons. The number of ether oxygens (including phenoxy) is 2. The van der Waals surface area contributed by atoms with Crippen LogP contribution >= 0.6 is 0 Å². The van der Waals surface area contributed by atoms with Crippen LogP contribution in [0.15, 0.2) is 30.0 Å². The van der Waals surface area contributed by atoms with E-state index in [1.807, 2.05) is 0 Å². The number of hydrogen-bond acceptors (Lipinski definition) is 6. The smallest absolute Gasteiger partial charge is 0.186 e. The normalized spacial score (nSPS) is 9.53. The summed E-state index contributed by atoms with van der Waals surface area (Å²) in [5.74, 6) is 0.0315. The highest BCUT2D eigenvalue weighted by Crippen LogP contribution is 2.29. The molecule has 1 rings (SSSR count). The molecule has 0 heterocycles. The Labute approximate surface area is 111 Å². The van der Waals surface area contributed by atoms with Gasteiger partial charge in [-0.15, -0.1) is 0 Å². The Balaban J connectivity index is 3.01. The molecule has 0 fully saturated rings. The summed E-state index contributed by atoms with van der Waals surface area (Å²) >= 11 is 0. The second-order valence-electron chi connectivity index (χ2n) is 3.50. The van der Waals surface area contributed by atoms with E-state index in [1.54, 1.807) is 24.3 Å². The van der Waals surface area contributed by atoms with Gasteiger partial charge >= 0.3 is 0 Å². The van der Waals surface area contributed by atoms with Gasteiger partial charge in [0, 0.05) is 26.1 Å². The quantitative estimate of drug-likeness (QED) is 0.477. The van der Waals surface area contributed by atoms with E-state index in [1.165, 1.54) is 26.5 Å². The third-order valence-electron chi connectivity index (χ3n) is 2.33. The molecule has 0 amide bonds. The largest absolute Gasteiger partial charge is 0.507 e. The number of allylic oxidation sites excluding steroid dienone is 1. The van der Waals surface area contributed by atoms with Gasteiger partial charge in [-0.2, -0.15) is 10.5 Å². The first-order valence-electron chi connectivity index (χ1n) is 5.31. The number of benzene rings is 1. The fraction of sp³-hybridized carbons (Fsp3) is 0.231. The van der Waals surface area contributed by atoms with Crippen LogP contribution in [0.5, 0.6) is 5.75 Å². The SMILES string of the molecule is COC(OC)c1cc(NC=C(C#N)C#N)ccc1O. The number of nitrogens with zero attached hydrogens (tertiary/aromatic N) is 2. The van der Waals surface area contributed by atoms with Crippen molar-refractivity contribution in [3.05, 3.63) is 35.5 Å². The molecule has 0 saturated carbocycles. The van der Waals surface area contributed by atoms with Crippen molar-refractivity contribution in [2.75, 3.05) is 19.5 Å². The number of aromatic hydroxyl groups is 1. The molecule has 1 aromatic carbocycles. The number of anilines is 1. The third kappa shape index (κ3) is 3.71. The second kappa shape index (κ2) is 7.02. The fourth-order valence-corrected chi connectivity index (χ4v) is 1.43. The average molecular weight is 259 g/mol. The van der Waals surface area contributed by atoms with E-state index in [4.69, 9.17) is 20.0 Å². The van der Waals surface area contributed by atoms with Crippen LogP contribution in [0.1, 0.15) is 11.9 Å². The topological polar surface area (TPSA) is 98.3 Å². The summed E-state index contributed by atoms with van der Waals surface area (Å²) in [7, 11) is 2.91. The van der Waals surface area contributed by atoms with Crippen LogP contribution in [-0.4, -0.2) is 19.3 Å². The summed E-state index contributed by atoms with van der Waals surface area (Å²) in [6, 6.07) is 8.14. The Morgan fingerprint density at radius 1 is 1.32 bits per heavy atom. The van der Waals surface area contributed by atoms with Gasteiger partial charge in [-0.1, -0.05) is 0 Å².